The Morgan fingerprint density at radius 1 is 1.15 bits per heavy atom. The van der Waals surface area contributed by atoms with E-state index in [1.54, 1.807) is 10.9 Å². The molecule has 1 amide bonds. The lowest BCUT2D eigenvalue weighted by Gasteiger charge is -2.19. The fourth-order valence-corrected chi connectivity index (χ4v) is 4.25. The summed E-state index contributed by atoms with van der Waals surface area (Å²) in [5, 5.41) is 8.52. The van der Waals surface area contributed by atoms with Gasteiger partial charge in [-0.05, 0) is 63.4 Å². The van der Waals surface area contributed by atoms with E-state index < -0.39 is 0 Å². The number of pyridine rings is 3. The second-order valence-corrected chi connectivity index (χ2v) is 8.63. The van der Waals surface area contributed by atoms with Crippen LogP contribution in [0.4, 0.5) is 5.82 Å². The van der Waals surface area contributed by atoms with Crippen LogP contribution in [0.5, 0.6) is 0 Å². The number of nitrogens with zero attached hydrogens (tertiary/aromatic N) is 6. The molecule has 0 spiro atoms. The first-order chi connectivity index (χ1) is 16.6. The molecule has 8 heteroatoms. The maximum atomic E-state index is 13.4. The van der Waals surface area contributed by atoms with Crippen molar-refractivity contribution in [2.24, 2.45) is 0 Å². The molecule has 1 N–H and O–H groups in total. The van der Waals surface area contributed by atoms with E-state index >= 15 is 0 Å². The molecule has 1 aliphatic carbocycles. The van der Waals surface area contributed by atoms with Crippen LogP contribution in [0.3, 0.4) is 0 Å². The highest BCUT2D eigenvalue weighted by atomic mass is 16.1. The number of amides is 1. The number of hydrogen-bond acceptors (Lipinski definition) is 6. The molecule has 34 heavy (non-hydrogen) atoms. The van der Waals surface area contributed by atoms with E-state index in [0.29, 0.717) is 29.5 Å². The van der Waals surface area contributed by atoms with Crippen molar-refractivity contribution in [3.63, 3.8) is 0 Å². The Morgan fingerprint density at radius 3 is 2.62 bits per heavy atom. The van der Waals surface area contributed by atoms with E-state index in [4.69, 9.17) is 4.98 Å². The molecule has 0 aromatic carbocycles. The molecular formula is C26H29N7O. The monoisotopic (exact) mass is 455 g/mol. The van der Waals surface area contributed by atoms with Crippen LogP contribution in [-0.4, -0.2) is 43.7 Å². The molecular weight excluding hydrogens is 426 g/mol. The Balaban J connectivity index is 1.45. The number of rotatable bonds is 8. The summed E-state index contributed by atoms with van der Waals surface area (Å²) < 4.78 is 1.74. The minimum absolute atomic E-state index is 0.134. The number of carbonyl (C=O) groups excluding carboxylic acids is 1. The van der Waals surface area contributed by atoms with Gasteiger partial charge in [0.15, 0.2) is 11.5 Å². The first-order valence-electron chi connectivity index (χ1n) is 11.9. The van der Waals surface area contributed by atoms with Crippen LogP contribution in [0.2, 0.25) is 0 Å². The van der Waals surface area contributed by atoms with Gasteiger partial charge >= 0.3 is 0 Å². The number of fused-ring (bicyclic) bond motifs is 1. The van der Waals surface area contributed by atoms with Gasteiger partial charge in [-0.25, -0.2) is 15.0 Å². The normalized spacial score (nSPS) is 13.3. The van der Waals surface area contributed by atoms with Crippen molar-refractivity contribution in [1.82, 2.24) is 30.0 Å². The van der Waals surface area contributed by atoms with Crippen molar-refractivity contribution in [3.05, 3.63) is 71.3 Å². The minimum Gasteiger partial charge on any atom is -0.357 e. The van der Waals surface area contributed by atoms with Crippen molar-refractivity contribution >= 4 is 22.8 Å². The molecule has 4 heterocycles. The van der Waals surface area contributed by atoms with E-state index in [1.165, 1.54) is 0 Å². The van der Waals surface area contributed by atoms with E-state index in [-0.39, 0.29) is 5.91 Å². The molecule has 174 valence electrons. The van der Waals surface area contributed by atoms with Crippen molar-refractivity contribution in [1.29, 1.82) is 0 Å². The van der Waals surface area contributed by atoms with Crippen molar-refractivity contribution < 1.29 is 4.79 Å². The summed E-state index contributed by atoms with van der Waals surface area (Å²) in [6, 6.07) is 11.6. The first-order valence-corrected chi connectivity index (χ1v) is 11.9. The van der Waals surface area contributed by atoms with Gasteiger partial charge in [0.2, 0.25) is 0 Å². The van der Waals surface area contributed by atoms with Gasteiger partial charge in [-0.3, -0.25) is 4.79 Å². The summed E-state index contributed by atoms with van der Waals surface area (Å²) in [5.41, 5.74) is 3.94. The second kappa shape index (κ2) is 9.21. The third-order valence-corrected chi connectivity index (χ3v) is 6.29. The highest BCUT2D eigenvalue weighted by molar-refractivity contribution is 6.06. The molecule has 0 radical (unpaired) electrons. The van der Waals surface area contributed by atoms with E-state index in [9.17, 15) is 4.79 Å². The largest absolute Gasteiger partial charge is 0.357 e. The first kappa shape index (κ1) is 22.0. The Hall–Kier alpha value is -3.81. The van der Waals surface area contributed by atoms with Gasteiger partial charge < -0.3 is 10.2 Å². The zero-order chi connectivity index (χ0) is 23.7. The third-order valence-electron chi connectivity index (χ3n) is 6.29. The van der Waals surface area contributed by atoms with Crippen LogP contribution in [0.15, 0.2) is 48.8 Å². The van der Waals surface area contributed by atoms with Gasteiger partial charge in [0.1, 0.15) is 5.82 Å². The van der Waals surface area contributed by atoms with E-state index in [1.807, 2.05) is 49.5 Å². The number of hydrogen-bond donors (Lipinski definition) is 1. The summed E-state index contributed by atoms with van der Waals surface area (Å²) in [7, 11) is 0. The van der Waals surface area contributed by atoms with E-state index in [2.05, 4.69) is 39.1 Å². The van der Waals surface area contributed by atoms with Crippen LogP contribution in [0, 0.1) is 6.92 Å². The summed E-state index contributed by atoms with van der Waals surface area (Å²) >= 11 is 0. The van der Waals surface area contributed by atoms with Crippen LogP contribution in [-0.2, 0) is 6.54 Å². The number of aromatic nitrogens is 5. The molecule has 5 rings (SSSR count). The van der Waals surface area contributed by atoms with Gasteiger partial charge in [-0.2, -0.15) is 9.78 Å². The van der Waals surface area contributed by atoms with Gasteiger partial charge in [0, 0.05) is 43.6 Å². The summed E-state index contributed by atoms with van der Waals surface area (Å²) in [6.45, 7) is 8.36. The Morgan fingerprint density at radius 2 is 1.97 bits per heavy atom. The molecule has 4 aromatic heterocycles. The summed E-state index contributed by atoms with van der Waals surface area (Å²) in [4.78, 5) is 29.5. The van der Waals surface area contributed by atoms with Crippen molar-refractivity contribution in [2.75, 3.05) is 18.0 Å². The fourth-order valence-electron chi connectivity index (χ4n) is 4.25. The maximum absolute atomic E-state index is 13.4. The minimum atomic E-state index is -0.134. The molecule has 4 aromatic rings. The standard InChI is InChI=1S/C26H29N7O/c1-4-32(5-2)22-12-9-18(15-28-22)16-29-26(34)20-14-21(19-10-11-19)30-25-24(20)17(3)31-33(25)23-8-6-7-13-27-23/h6-9,12-15,19H,4-5,10-11,16H2,1-3H3,(H,29,34). The van der Waals surface area contributed by atoms with E-state index in [0.717, 1.165) is 54.1 Å². The zero-order valence-corrected chi connectivity index (χ0v) is 19.8. The average Bonchev–Trinajstić information content (AvgIpc) is 3.67. The molecule has 1 fully saturated rings. The second-order valence-electron chi connectivity index (χ2n) is 8.63. The lowest BCUT2D eigenvalue weighted by atomic mass is 10.1. The maximum Gasteiger partial charge on any atom is 0.252 e. The molecule has 0 saturated heterocycles. The lowest BCUT2D eigenvalue weighted by molar-refractivity contribution is 0.0952. The lowest BCUT2D eigenvalue weighted by Crippen LogP contribution is -2.24. The third kappa shape index (κ3) is 4.23. The molecule has 0 atom stereocenters. The predicted molar refractivity (Wildman–Crippen MR) is 132 cm³/mol. The zero-order valence-electron chi connectivity index (χ0n) is 19.8. The summed E-state index contributed by atoms with van der Waals surface area (Å²) in [5.74, 6) is 1.90. The molecule has 1 aliphatic rings. The Kier molecular flexibility index (Phi) is 5.96. The highest BCUT2D eigenvalue weighted by Gasteiger charge is 2.29. The average molecular weight is 456 g/mol. The Labute approximate surface area is 199 Å². The SMILES string of the molecule is CCN(CC)c1ccc(CNC(=O)c2cc(C3CC3)nc3c2c(C)nn3-c2ccccn2)cn1. The van der Waals surface area contributed by atoms with Crippen molar-refractivity contribution in [2.45, 2.75) is 46.1 Å². The fraction of sp³-hybridized carbons (Fsp3) is 0.346. The number of carbonyl (C=O) groups is 1. The molecule has 1 saturated carbocycles. The Bertz CT molecular complexity index is 1310. The van der Waals surface area contributed by atoms with Crippen molar-refractivity contribution in [3.8, 4) is 5.82 Å². The molecule has 8 nitrogen and oxygen atoms in total. The predicted octanol–water partition coefficient (Wildman–Crippen LogP) is 4.17. The van der Waals surface area contributed by atoms with Crippen LogP contribution in [0.25, 0.3) is 16.9 Å². The van der Waals surface area contributed by atoms with Crippen LogP contribution < -0.4 is 10.2 Å². The van der Waals surface area contributed by atoms with Gasteiger partial charge in [-0.1, -0.05) is 12.1 Å². The smallest absolute Gasteiger partial charge is 0.252 e. The topological polar surface area (TPSA) is 88.8 Å². The van der Waals surface area contributed by atoms with Crippen LogP contribution in [0.1, 0.15) is 59.9 Å². The van der Waals surface area contributed by atoms with Gasteiger partial charge in [0.25, 0.3) is 5.91 Å². The quantitative estimate of drug-likeness (QED) is 0.429. The number of anilines is 1. The summed E-state index contributed by atoms with van der Waals surface area (Å²) in [6.07, 6.45) is 5.76. The van der Waals surface area contributed by atoms with Gasteiger partial charge in [-0.15, -0.1) is 0 Å². The van der Waals surface area contributed by atoms with Crippen LogP contribution >= 0.6 is 0 Å². The highest BCUT2D eigenvalue weighted by Crippen LogP contribution is 2.40. The molecule has 0 aliphatic heterocycles. The molecule has 0 bridgehead atoms. The molecule has 0 unspecified atom stereocenters. The number of nitrogens with one attached hydrogen (secondary N) is 1. The number of aryl methyl sites for hydroxylation is 1. The van der Waals surface area contributed by atoms with Gasteiger partial charge in [0.05, 0.1) is 16.6 Å².